The first kappa shape index (κ1) is 15.0. The fourth-order valence-electron chi connectivity index (χ4n) is 1.37. The van der Waals surface area contributed by atoms with Crippen LogP contribution in [0.4, 0.5) is 4.39 Å². The van der Waals surface area contributed by atoms with Gasteiger partial charge in [-0.25, -0.2) is 4.39 Å². The van der Waals surface area contributed by atoms with E-state index in [9.17, 15) is 4.39 Å². The number of nitrogens with one attached hydrogen (secondary N) is 1. The van der Waals surface area contributed by atoms with Crippen LogP contribution in [0.25, 0.3) is 0 Å². The Labute approximate surface area is 112 Å². The third kappa shape index (κ3) is 6.00. The lowest BCUT2D eigenvalue weighted by Crippen LogP contribution is -2.18. The quantitative estimate of drug-likeness (QED) is 0.739. The van der Waals surface area contributed by atoms with Gasteiger partial charge in [0.2, 0.25) is 0 Å². The highest BCUT2D eigenvalue weighted by Gasteiger charge is 2.02. The molecule has 0 radical (unpaired) electrons. The fraction of sp³-hybridized carbons (Fsp3) is 0.385. The van der Waals surface area contributed by atoms with E-state index in [1.54, 1.807) is 13.2 Å². The summed E-state index contributed by atoms with van der Waals surface area (Å²) in [4.78, 5) is 0. The smallest absolute Gasteiger partial charge is 0.127 e. The van der Waals surface area contributed by atoms with Crippen molar-refractivity contribution in [3.05, 3.63) is 41.2 Å². The minimum Gasteiger partial charge on any atom is -0.488 e. The van der Waals surface area contributed by atoms with Gasteiger partial charge in [0.05, 0.1) is 6.61 Å². The zero-order valence-electron chi connectivity index (χ0n) is 10.3. The maximum absolute atomic E-state index is 13.3. The minimum absolute atomic E-state index is 0.168. The van der Waals surface area contributed by atoms with E-state index in [1.165, 1.54) is 12.1 Å². The van der Waals surface area contributed by atoms with Crippen molar-refractivity contribution in [1.29, 1.82) is 0 Å². The highest BCUT2D eigenvalue weighted by atomic mass is 35.5. The molecule has 0 amide bonds. The number of benzene rings is 1. The van der Waals surface area contributed by atoms with Crippen LogP contribution in [0.5, 0.6) is 5.75 Å². The molecule has 0 aliphatic heterocycles. The first-order valence-corrected chi connectivity index (χ1v) is 5.95. The van der Waals surface area contributed by atoms with Crippen LogP contribution in [-0.2, 0) is 11.3 Å². The lowest BCUT2D eigenvalue weighted by atomic mass is 10.2. The van der Waals surface area contributed by atoms with Crippen LogP contribution < -0.4 is 10.1 Å². The molecule has 0 saturated carbocycles. The van der Waals surface area contributed by atoms with E-state index >= 15 is 0 Å². The molecule has 1 N–H and O–H groups in total. The van der Waals surface area contributed by atoms with E-state index in [4.69, 9.17) is 21.1 Å². The number of methoxy groups -OCH3 is 1. The van der Waals surface area contributed by atoms with Crippen LogP contribution in [-0.4, -0.2) is 26.9 Å². The molecule has 0 aliphatic carbocycles. The minimum atomic E-state index is -0.337. The molecule has 5 heteroatoms. The maximum Gasteiger partial charge on any atom is 0.127 e. The highest BCUT2D eigenvalue weighted by Crippen LogP contribution is 2.17. The molecule has 100 valence electrons. The van der Waals surface area contributed by atoms with Crippen molar-refractivity contribution in [2.45, 2.75) is 6.54 Å². The average molecular weight is 274 g/mol. The van der Waals surface area contributed by atoms with Gasteiger partial charge in [-0.3, -0.25) is 0 Å². The number of rotatable bonds is 8. The normalized spacial score (nSPS) is 10.4. The summed E-state index contributed by atoms with van der Waals surface area (Å²) in [6.07, 6.45) is 0. The fourth-order valence-corrected chi connectivity index (χ4v) is 1.43. The van der Waals surface area contributed by atoms with E-state index in [2.05, 4.69) is 11.9 Å². The Morgan fingerprint density at radius 1 is 1.44 bits per heavy atom. The van der Waals surface area contributed by atoms with Crippen molar-refractivity contribution in [3.63, 3.8) is 0 Å². The Balaban J connectivity index is 2.54. The second-order valence-corrected chi connectivity index (χ2v) is 4.31. The van der Waals surface area contributed by atoms with Crippen molar-refractivity contribution < 1.29 is 13.9 Å². The number of halogens is 2. The summed E-state index contributed by atoms with van der Waals surface area (Å²) in [5.41, 5.74) is 0.807. The summed E-state index contributed by atoms with van der Waals surface area (Å²) < 4.78 is 23.5. The topological polar surface area (TPSA) is 30.5 Å². The zero-order valence-corrected chi connectivity index (χ0v) is 11.1. The molecule has 0 spiro atoms. The molecule has 1 rings (SSSR count). The van der Waals surface area contributed by atoms with E-state index in [0.29, 0.717) is 30.5 Å². The summed E-state index contributed by atoms with van der Waals surface area (Å²) in [7, 11) is 1.63. The molecular weight excluding hydrogens is 257 g/mol. The Kier molecular flexibility index (Phi) is 6.72. The molecule has 1 aromatic carbocycles. The van der Waals surface area contributed by atoms with Crippen molar-refractivity contribution in [3.8, 4) is 5.75 Å². The Hall–Kier alpha value is -1.10. The molecule has 0 atom stereocenters. The van der Waals surface area contributed by atoms with Gasteiger partial charge < -0.3 is 14.8 Å². The van der Waals surface area contributed by atoms with E-state index in [-0.39, 0.29) is 12.4 Å². The number of hydrogen-bond donors (Lipinski definition) is 1. The standard InChI is InChI=1S/C13H17ClFNO2/c1-10(14)9-18-13-6-11(5-12(15)7-13)8-16-3-4-17-2/h5-7,16H,1,3-4,8-9H2,2H3. The van der Waals surface area contributed by atoms with E-state index in [1.807, 2.05) is 0 Å². The highest BCUT2D eigenvalue weighted by molar-refractivity contribution is 6.29. The largest absolute Gasteiger partial charge is 0.488 e. The number of ether oxygens (including phenoxy) is 2. The van der Waals surface area contributed by atoms with Crippen molar-refractivity contribution in [2.75, 3.05) is 26.9 Å². The van der Waals surface area contributed by atoms with Crippen LogP contribution in [0.1, 0.15) is 5.56 Å². The monoisotopic (exact) mass is 273 g/mol. The predicted octanol–water partition coefficient (Wildman–Crippen LogP) is 2.69. The molecule has 1 aromatic rings. The first-order chi connectivity index (χ1) is 8.61. The molecule has 18 heavy (non-hydrogen) atoms. The lowest BCUT2D eigenvalue weighted by molar-refractivity contribution is 0.199. The Morgan fingerprint density at radius 3 is 2.89 bits per heavy atom. The third-order valence-electron chi connectivity index (χ3n) is 2.14. The van der Waals surface area contributed by atoms with Crippen LogP contribution in [0, 0.1) is 5.82 Å². The summed E-state index contributed by atoms with van der Waals surface area (Å²) in [6, 6.07) is 4.55. The van der Waals surface area contributed by atoms with Gasteiger partial charge in [-0.05, 0) is 17.7 Å². The summed E-state index contributed by atoms with van der Waals surface area (Å²) in [5, 5.41) is 3.51. The average Bonchev–Trinajstić information content (AvgIpc) is 2.32. The van der Waals surface area contributed by atoms with Crippen molar-refractivity contribution >= 4 is 11.6 Å². The van der Waals surface area contributed by atoms with Gasteiger partial charge in [0.1, 0.15) is 18.2 Å². The molecule has 0 heterocycles. The van der Waals surface area contributed by atoms with Gasteiger partial charge in [0, 0.05) is 31.3 Å². The van der Waals surface area contributed by atoms with Gasteiger partial charge >= 0.3 is 0 Å². The molecule has 0 saturated heterocycles. The van der Waals surface area contributed by atoms with Gasteiger partial charge in [-0.2, -0.15) is 0 Å². The Bertz CT molecular complexity index is 399. The van der Waals surface area contributed by atoms with E-state index in [0.717, 1.165) is 5.56 Å². The molecule has 0 aromatic heterocycles. The lowest BCUT2D eigenvalue weighted by Gasteiger charge is -2.09. The maximum atomic E-state index is 13.3. The summed E-state index contributed by atoms with van der Waals surface area (Å²) in [5.74, 6) is 0.108. The van der Waals surface area contributed by atoms with Gasteiger partial charge in [0.25, 0.3) is 0 Å². The van der Waals surface area contributed by atoms with Gasteiger partial charge in [0.15, 0.2) is 0 Å². The molecule has 0 unspecified atom stereocenters. The van der Waals surface area contributed by atoms with Gasteiger partial charge in [-0.15, -0.1) is 0 Å². The summed E-state index contributed by atoms with van der Waals surface area (Å²) >= 11 is 5.59. The SMILES string of the molecule is C=C(Cl)COc1cc(F)cc(CNCCOC)c1. The molecular formula is C13H17ClFNO2. The number of hydrogen-bond acceptors (Lipinski definition) is 3. The molecule has 0 aliphatic rings. The Morgan fingerprint density at radius 2 is 2.22 bits per heavy atom. The second-order valence-electron chi connectivity index (χ2n) is 3.77. The van der Waals surface area contributed by atoms with Crippen LogP contribution in [0.15, 0.2) is 29.8 Å². The van der Waals surface area contributed by atoms with Crippen molar-refractivity contribution in [1.82, 2.24) is 5.32 Å². The third-order valence-corrected chi connectivity index (χ3v) is 2.25. The van der Waals surface area contributed by atoms with Gasteiger partial charge in [-0.1, -0.05) is 18.2 Å². The second kappa shape index (κ2) is 8.08. The molecule has 0 fully saturated rings. The van der Waals surface area contributed by atoms with Crippen LogP contribution >= 0.6 is 11.6 Å². The molecule has 3 nitrogen and oxygen atoms in total. The van der Waals surface area contributed by atoms with Crippen LogP contribution in [0.2, 0.25) is 0 Å². The molecule has 0 bridgehead atoms. The first-order valence-electron chi connectivity index (χ1n) is 5.57. The predicted molar refractivity (Wildman–Crippen MR) is 70.5 cm³/mol. The van der Waals surface area contributed by atoms with E-state index < -0.39 is 0 Å². The zero-order chi connectivity index (χ0) is 13.4. The van der Waals surface area contributed by atoms with Crippen LogP contribution in [0.3, 0.4) is 0 Å². The summed E-state index contributed by atoms with van der Waals surface area (Å²) in [6.45, 7) is 5.55. The van der Waals surface area contributed by atoms with Crippen molar-refractivity contribution in [2.24, 2.45) is 0 Å².